The van der Waals surface area contributed by atoms with Crippen LogP contribution in [0.3, 0.4) is 0 Å². The number of benzene rings is 2. The van der Waals surface area contributed by atoms with Crippen molar-refractivity contribution in [2.45, 2.75) is 44.4 Å². The van der Waals surface area contributed by atoms with Crippen LogP contribution >= 0.6 is 0 Å². The van der Waals surface area contributed by atoms with E-state index in [0.29, 0.717) is 18.0 Å². The second kappa shape index (κ2) is 12.7. The zero-order valence-corrected chi connectivity index (χ0v) is 18.5. The number of piperidine rings is 1. The molecule has 1 aliphatic heterocycles. The lowest BCUT2D eigenvalue weighted by atomic mass is 10.1. The Balaban J connectivity index is 1.38. The number of aliphatic hydroxyl groups excluding tert-OH is 2. The third-order valence-electron chi connectivity index (χ3n) is 5.68. The average molecular weight is 429 g/mol. The number of methoxy groups -OCH3 is 1. The Hall–Kier alpha value is -2.12. The average Bonchev–Trinajstić information content (AvgIpc) is 2.80. The van der Waals surface area contributed by atoms with E-state index in [4.69, 9.17) is 9.47 Å². The number of hydrogen-bond acceptors (Lipinski definition) is 6. The van der Waals surface area contributed by atoms with E-state index in [1.54, 1.807) is 7.11 Å². The Kier molecular flexibility index (Phi) is 9.62. The van der Waals surface area contributed by atoms with Gasteiger partial charge >= 0.3 is 0 Å². The molecule has 1 aliphatic rings. The molecule has 0 bridgehead atoms. The van der Waals surface area contributed by atoms with Gasteiger partial charge in [-0.25, -0.2) is 0 Å². The van der Waals surface area contributed by atoms with E-state index in [1.807, 2.05) is 24.3 Å². The van der Waals surface area contributed by atoms with Crippen molar-refractivity contribution in [1.29, 1.82) is 0 Å². The highest BCUT2D eigenvalue weighted by Gasteiger charge is 2.20. The molecule has 1 heterocycles. The second-order valence-corrected chi connectivity index (χ2v) is 8.25. The summed E-state index contributed by atoms with van der Waals surface area (Å²) < 4.78 is 11.3. The minimum Gasteiger partial charge on any atom is -0.493 e. The van der Waals surface area contributed by atoms with E-state index >= 15 is 0 Å². The van der Waals surface area contributed by atoms with E-state index in [2.05, 4.69) is 34.5 Å². The van der Waals surface area contributed by atoms with Gasteiger partial charge in [-0.15, -0.1) is 0 Å². The summed E-state index contributed by atoms with van der Waals surface area (Å²) in [6.07, 6.45) is 2.92. The number of aliphatic hydroxyl groups is 2. The maximum atomic E-state index is 10.3. The number of rotatable bonds is 12. The standard InChI is InChI=1S/C25H36N2O4/c1-30-25-16-21(17-26-13-5-8-20-6-3-2-4-7-20)9-10-24(25)31-19-23(29)18-27-14-11-22(28)12-15-27/h2-4,6-7,9-10,16,22-23,26,28-29H,5,8,11-15,17-19H2,1H3/t23-/m1/s1. The van der Waals surface area contributed by atoms with Gasteiger partial charge in [-0.05, 0) is 55.5 Å². The van der Waals surface area contributed by atoms with Crippen LogP contribution < -0.4 is 14.8 Å². The van der Waals surface area contributed by atoms with Crippen molar-refractivity contribution in [2.24, 2.45) is 0 Å². The van der Waals surface area contributed by atoms with Crippen molar-refractivity contribution >= 4 is 0 Å². The topological polar surface area (TPSA) is 74.2 Å². The van der Waals surface area contributed by atoms with Crippen molar-refractivity contribution in [3.8, 4) is 11.5 Å². The Labute approximate surface area is 185 Å². The molecule has 0 unspecified atom stereocenters. The first-order valence-corrected chi connectivity index (χ1v) is 11.3. The molecule has 0 amide bonds. The molecular formula is C25H36N2O4. The van der Waals surface area contributed by atoms with Crippen LogP contribution in [0.15, 0.2) is 48.5 Å². The molecule has 0 radical (unpaired) electrons. The largest absolute Gasteiger partial charge is 0.493 e. The summed E-state index contributed by atoms with van der Waals surface area (Å²) in [6.45, 7) is 4.12. The minimum absolute atomic E-state index is 0.203. The normalized spacial score (nSPS) is 16.2. The summed E-state index contributed by atoms with van der Waals surface area (Å²) in [5.41, 5.74) is 2.50. The highest BCUT2D eigenvalue weighted by atomic mass is 16.5. The van der Waals surface area contributed by atoms with Crippen LogP contribution in [0.4, 0.5) is 0 Å². The van der Waals surface area contributed by atoms with Crippen LogP contribution in [-0.2, 0) is 13.0 Å². The van der Waals surface area contributed by atoms with Gasteiger partial charge in [0, 0.05) is 26.2 Å². The summed E-state index contributed by atoms with van der Waals surface area (Å²) in [4.78, 5) is 2.17. The maximum absolute atomic E-state index is 10.3. The predicted octanol–water partition coefficient (Wildman–Crippen LogP) is 2.61. The van der Waals surface area contributed by atoms with E-state index in [1.165, 1.54) is 5.56 Å². The summed E-state index contributed by atoms with van der Waals surface area (Å²) >= 11 is 0. The van der Waals surface area contributed by atoms with Gasteiger partial charge in [0.25, 0.3) is 0 Å². The van der Waals surface area contributed by atoms with Crippen molar-refractivity contribution in [3.05, 3.63) is 59.7 Å². The van der Waals surface area contributed by atoms with Crippen LogP contribution in [0, 0.1) is 0 Å². The molecule has 0 saturated carbocycles. The van der Waals surface area contributed by atoms with Crippen molar-refractivity contribution in [2.75, 3.05) is 39.9 Å². The molecule has 6 heteroatoms. The van der Waals surface area contributed by atoms with Crippen LogP contribution in [0.2, 0.25) is 0 Å². The highest BCUT2D eigenvalue weighted by Crippen LogP contribution is 2.28. The van der Waals surface area contributed by atoms with Gasteiger partial charge in [-0.2, -0.15) is 0 Å². The van der Waals surface area contributed by atoms with E-state index in [0.717, 1.165) is 57.4 Å². The SMILES string of the molecule is COc1cc(CNCCCc2ccccc2)ccc1OC[C@H](O)CN1CCC(O)CC1. The molecule has 170 valence electrons. The van der Waals surface area contributed by atoms with Crippen LogP contribution in [0.25, 0.3) is 0 Å². The number of ether oxygens (including phenoxy) is 2. The summed E-state index contributed by atoms with van der Waals surface area (Å²) in [5, 5.41) is 23.4. The molecule has 6 nitrogen and oxygen atoms in total. The quantitative estimate of drug-likeness (QED) is 0.452. The van der Waals surface area contributed by atoms with E-state index in [9.17, 15) is 10.2 Å². The fourth-order valence-electron chi connectivity index (χ4n) is 3.87. The molecular weight excluding hydrogens is 392 g/mol. The number of nitrogens with zero attached hydrogens (tertiary/aromatic N) is 1. The zero-order chi connectivity index (χ0) is 21.9. The third kappa shape index (κ3) is 8.15. The Morgan fingerprint density at radius 2 is 1.84 bits per heavy atom. The predicted molar refractivity (Wildman–Crippen MR) is 123 cm³/mol. The second-order valence-electron chi connectivity index (χ2n) is 8.25. The molecule has 31 heavy (non-hydrogen) atoms. The molecule has 1 fully saturated rings. The zero-order valence-electron chi connectivity index (χ0n) is 18.5. The number of likely N-dealkylation sites (tertiary alicyclic amines) is 1. The first-order valence-electron chi connectivity index (χ1n) is 11.3. The minimum atomic E-state index is -0.578. The number of nitrogens with one attached hydrogen (secondary N) is 1. The smallest absolute Gasteiger partial charge is 0.161 e. The van der Waals surface area contributed by atoms with Gasteiger partial charge < -0.3 is 29.9 Å². The molecule has 3 rings (SSSR count). The van der Waals surface area contributed by atoms with Gasteiger partial charge in [0.1, 0.15) is 12.7 Å². The van der Waals surface area contributed by atoms with Crippen LogP contribution in [0.5, 0.6) is 11.5 Å². The van der Waals surface area contributed by atoms with Gasteiger partial charge in [0.05, 0.1) is 13.2 Å². The van der Waals surface area contributed by atoms with Gasteiger partial charge in [0.2, 0.25) is 0 Å². The number of hydrogen-bond donors (Lipinski definition) is 3. The highest BCUT2D eigenvalue weighted by molar-refractivity contribution is 5.43. The van der Waals surface area contributed by atoms with Gasteiger partial charge in [0.15, 0.2) is 11.5 Å². The van der Waals surface area contributed by atoms with Gasteiger partial charge in [-0.1, -0.05) is 36.4 Å². The third-order valence-corrected chi connectivity index (χ3v) is 5.68. The molecule has 2 aromatic carbocycles. The summed E-state index contributed by atoms with van der Waals surface area (Å²) in [7, 11) is 1.63. The first-order chi connectivity index (χ1) is 15.1. The molecule has 3 N–H and O–H groups in total. The van der Waals surface area contributed by atoms with Crippen molar-refractivity contribution in [1.82, 2.24) is 10.2 Å². The Morgan fingerprint density at radius 1 is 1.06 bits per heavy atom. The monoisotopic (exact) mass is 428 g/mol. The fraction of sp³-hybridized carbons (Fsp3) is 0.520. The summed E-state index contributed by atoms with van der Waals surface area (Å²) in [5.74, 6) is 1.32. The van der Waals surface area contributed by atoms with E-state index < -0.39 is 6.10 Å². The molecule has 0 aliphatic carbocycles. The van der Waals surface area contributed by atoms with Crippen molar-refractivity contribution < 1.29 is 19.7 Å². The first kappa shape index (κ1) is 23.5. The summed E-state index contributed by atoms with van der Waals surface area (Å²) in [6, 6.07) is 16.5. The lowest BCUT2D eigenvalue weighted by molar-refractivity contribution is 0.0333. The van der Waals surface area contributed by atoms with Crippen molar-refractivity contribution in [3.63, 3.8) is 0 Å². The molecule has 0 spiro atoms. The van der Waals surface area contributed by atoms with E-state index in [-0.39, 0.29) is 12.7 Å². The molecule has 2 aromatic rings. The maximum Gasteiger partial charge on any atom is 0.161 e. The Morgan fingerprint density at radius 3 is 2.58 bits per heavy atom. The Bertz CT molecular complexity index is 763. The van der Waals surface area contributed by atoms with Crippen LogP contribution in [0.1, 0.15) is 30.4 Å². The lowest BCUT2D eigenvalue weighted by Gasteiger charge is -2.30. The molecule has 1 saturated heterocycles. The lowest BCUT2D eigenvalue weighted by Crippen LogP contribution is -2.41. The number of β-amino-alcohol motifs (C(OH)–C–C–N with tert-alkyl or cyclic N) is 1. The van der Waals surface area contributed by atoms with Gasteiger partial charge in [-0.3, -0.25) is 0 Å². The molecule has 0 aromatic heterocycles. The number of aryl methyl sites for hydroxylation is 1. The molecule has 1 atom stereocenters. The fourth-order valence-corrected chi connectivity index (χ4v) is 3.87. The van der Waals surface area contributed by atoms with Crippen LogP contribution in [-0.4, -0.2) is 67.2 Å².